The van der Waals surface area contributed by atoms with Crippen LogP contribution >= 0.6 is 0 Å². The summed E-state index contributed by atoms with van der Waals surface area (Å²) in [4.78, 5) is 23.6. The molecule has 0 aliphatic carbocycles. The second-order valence-corrected chi connectivity index (χ2v) is 5.62. The molecule has 0 bridgehead atoms. The minimum Gasteiger partial charge on any atom is -0.399 e. The van der Waals surface area contributed by atoms with E-state index in [-0.39, 0.29) is 11.8 Å². The van der Waals surface area contributed by atoms with E-state index in [9.17, 15) is 9.59 Å². The van der Waals surface area contributed by atoms with Crippen molar-refractivity contribution in [2.24, 2.45) is 0 Å². The number of hydrogen-bond donors (Lipinski definition) is 3. The lowest BCUT2D eigenvalue weighted by molar-refractivity contribution is -0.117. The Morgan fingerprint density at radius 2 is 1.42 bits per heavy atom. The highest BCUT2D eigenvalue weighted by Gasteiger charge is 2.06. The summed E-state index contributed by atoms with van der Waals surface area (Å²) < 4.78 is 0. The fraction of sp³-hybridized carbons (Fsp3) is 0.263. The molecule has 0 saturated heterocycles. The number of benzene rings is 2. The van der Waals surface area contributed by atoms with Crippen LogP contribution in [0.25, 0.3) is 0 Å². The van der Waals surface area contributed by atoms with Gasteiger partial charge in [-0.05, 0) is 48.7 Å². The number of amides is 2. The molecule has 2 aromatic carbocycles. The minimum absolute atomic E-state index is 0.00487. The van der Waals surface area contributed by atoms with Crippen molar-refractivity contribution in [2.45, 2.75) is 32.6 Å². The summed E-state index contributed by atoms with van der Waals surface area (Å²) in [6.07, 6.45) is 2.28. The Morgan fingerprint density at radius 1 is 0.875 bits per heavy atom. The van der Waals surface area contributed by atoms with Gasteiger partial charge in [-0.25, -0.2) is 0 Å². The topological polar surface area (TPSA) is 84.2 Å². The highest BCUT2D eigenvalue weighted by atomic mass is 16.2. The predicted molar refractivity (Wildman–Crippen MR) is 97.8 cm³/mol. The molecule has 2 aromatic rings. The molecule has 0 aliphatic rings. The van der Waals surface area contributed by atoms with E-state index in [0.29, 0.717) is 30.6 Å². The van der Waals surface area contributed by atoms with Gasteiger partial charge in [0.25, 0.3) is 0 Å². The molecule has 0 aliphatic heterocycles. The number of carbonyl (C=O) groups is 2. The van der Waals surface area contributed by atoms with Gasteiger partial charge in [0, 0.05) is 29.9 Å². The first-order valence-corrected chi connectivity index (χ1v) is 8.11. The van der Waals surface area contributed by atoms with Gasteiger partial charge < -0.3 is 16.4 Å². The minimum atomic E-state index is -0.0685. The Labute approximate surface area is 142 Å². The molecule has 0 spiro atoms. The fourth-order valence-corrected chi connectivity index (χ4v) is 2.32. The van der Waals surface area contributed by atoms with Gasteiger partial charge in [0.2, 0.25) is 11.8 Å². The molecule has 0 radical (unpaired) electrons. The first kappa shape index (κ1) is 17.5. The van der Waals surface area contributed by atoms with Crippen LogP contribution < -0.4 is 16.4 Å². The summed E-state index contributed by atoms with van der Waals surface area (Å²) in [6, 6.07) is 14.6. The quantitative estimate of drug-likeness (QED) is 0.680. The summed E-state index contributed by atoms with van der Waals surface area (Å²) >= 11 is 0. The molecule has 0 fully saturated rings. The molecule has 2 rings (SSSR count). The Hall–Kier alpha value is -2.82. The molecular weight excluding hydrogens is 302 g/mol. The number of nitrogens with two attached hydrogens (primary N) is 1. The number of anilines is 3. The van der Waals surface area contributed by atoms with E-state index < -0.39 is 0 Å². The zero-order valence-corrected chi connectivity index (χ0v) is 13.8. The third-order valence-corrected chi connectivity index (χ3v) is 3.61. The average molecular weight is 325 g/mol. The first-order valence-electron chi connectivity index (χ1n) is 8.11. The van der Waals surface area contributed by atoms with Crippen molar-refractivity contribution in [3.8, 4) is 0 Å². The lowest BCUT2D eigenvalue weighted by Gasteiger charge is -2.08. The predicted octanol–water partition coefficient (Wildman–Crippen LogP) is 3.58. The van der Waals surface area contributed by atoms with E-state index in [1.165, 1.54) is 0 Å². The van der Waals surface area contributed by atoms with Crippen LogP contribution in [-0.2, 0) is 16.0 Å². The van der Waals surface area contributed by atoms with Gasteiger partial charge in [0.1, 0.15) is 0 Å². The number of nitrogen functional groups attached to an aromatic ring is 1. The van der Waals surface area contributed by atoms with Crippen LogP contribution in [0.4, 0.5) is 17.1 Å². The molecule has 0 atom stereocenters. The number of aryl methyl sites for hydroxylation is 1. The van der Waals surface area contributed by atoms with Gasteiger partial charge in [-0.3, -0.25) is 9.59 Å². The van der Waals surface area contributed by atoms with Crippen LogP contribution in [0.3, 0.4) is 0 Å². The molecule has 0 saturated carbocycles. The van der Waals surface area contributed by atoms with E-state index in [0.717, 1.165) is 17.7 Å². The van der Waals surface area contributed by atoms with Crippen LogP contribution in [-0.4, -0.2) is 11.8 Å². The zero-order chi connectivity index (χ0) is 17.4. The summed E-state index contributed by atoms with van der Waals surface area (Å²) in [5, 5.41) is 5.66. The highest BCUT2D eigenvalue weighted by molar-refractivity contribution is 5.93. The van der Waals surface area contributed by atoms with Crippen molar-refractivity contribution in [1.82, 2.24) is 0 Å². The zero-order valence-electron chi connectivity index (χ0n) is 13.8. The molecule has 2 amide bonds. The van der Waals surface area contributed by atoms with Gasteiger partial charge in [-0.2, -0.15) is 0 Å². The molecular formula is C19H23N3O2. The van der Waals surface area contributed by atoms with Crippen LogP contribution in [0, 0.1) is 0 Å². The van der Waals surface area contributed by atoms with Crippen LogP contribution in [0.5, 0.6) is 0 Å². The van der Waals surface area contributed by atoms with Crippen molar-refractivity contribution in [1.29, 1.82) is 0 Å². The summed E-state index contributed by atoms with van der Waals surface area (Å²) in [7, 11) is 0. The Kier molecular flexibility index (Phi) is 6.37. The SMILES string of the molecule is CCCC(=O)Nc1ccc(NC(=O)CCc2ccccc2N)cc1. The second kappa shape index (κ2) is 8.72. The van der Waals surface area contributed by atoms with Crippen LogP contribution in [0.2, 0.25) is 0 Å². The summed E-state index contributed by atoms with van der Waals surface area (Å²) in [6.45, 7) is 1.96. The number of para-hydroxylation sites is 1. The third-order valence-electron chi connectivity index (χ3n) is 3.61. The monoisotopic (exact) mass is 325 g/mol. The second-order valence-electron chi connectivity index (χ2n) is 5.62. The van der Waals surface area contributed by atoms with Crippen molar-refractivity contribution in [2.75, 3.05) is 16.4 Å². The van der Waals surface area contributed by atoms with E-state index in [2.05, 4.69) is 10.6 Å². The summed E-state index contributed by atoms with van der Waals surface area (Å²) in [5.41, 5.74) is 8.98. The maximum Gasteiger partial charge on any atom is 0.224 e. The van der Waals surface area contributed by atoms with Crippen LogP contribution in [0.1, 0.15) is 31.7 Å². The number of hydrogen-bond acceptors (Lipinski definition) is 3. The molecule has 24 heavy (non-hydrogen) atoms. The largest absolute Gasteiger partial charge is 0.399 e. The number of nitrogens with one attached hydrogen (secondary N) is 2. The Balaban J connectivity index is 1.83. The molecule has 0 heterocycles. The maximum atomic E-state index is 12.0. The van der Waals surface area contributed by atoms with Crippen LogP contribution in [0.15, 0.2) is 48.5 Å². The molecule has 5 heteroatoms. The first-order chi connectivity index (χ1) is 11.6. The van der Waals surface area contributed by atoms with E-state index in [4.69, 9.17) is 5.73 Å². The van der Waals surface area contributed by atoms with E-state index in [1.54, 1.807) is 24.3 Å². The number of carbonyl (C=O) groups excluding carboxylic acids is 2. The van der Waals surface area contributed by atoms with E-state index in [1.807, 2.05) is 31.2 Å². The molecule has 5 nitrogen and oxygen atoms in total. The highest BCUT2D eigenvalue weighted by Crippen LogP contribution is 2.16. The molecule has 4 N–H and O–H groups in total. The lowest BCUT2D eigenvalue weighted by Crippen LogP contribution is -2.13. The Bertz CT molecular complexity index is 696. The fourth-order valence-electron chi connectivity index (χ4n) is 2.32. The van der Waals surface area contributed by atoms with Crippen molar-refractivity contribution in [3.63, 3.8) is 0 Å². The van der Waals surface area contributed by atoms with E-state index >= 15 is 0 Å². The third kappa shape index (κ3) is 5.43. The van der Waals surface area contributed by atoms with Crippen molar-refractivity contribution in [3.05, 3.63) is 54.1 Å². The summed E-state index contributed by atoms with van der Waals surface area (Å²) in [5.74, 6) is -0.0734. The lowest BCUT2D eigenvalue weighted by atomic mass is 10.1. The van der Waals surface area contributed by atoms with Gasteiger partial charge in [0.05, 0.1) is 0 Å². The maximum absolute atomic E-state index is 12.0. The Morgan fingerprint density at radius 3 is 1.96 bits per heavy atom. The van der Waals surface area contributed by atoms with Gasteiger partial charge in [-0.1, -0.05) is 25.1 Å². The number of rotatable bonds is 7. The van der Waals surface area contributed by atoms with Gasteiger partial charge >= 0.3 is 0 Å². The molecule has 0 aromatic heterocycles. The van der Waals surface area contributed by atoms with Crippen molar-refractivity contribution >= 4 is 28.9 Å². The smallest absolute Gasteiger partial charge is 0.224 e. The standard InChI is InChI=1S/C19H23N3O2/c1-2-5-18(23)21-15-9-11-16(12-10-15)22-19(24)13-8-14-6-3-4-7-17(14)20/h3-4,6-7,9-12H,2,5,8,13,20H2,1H3,(H,21,23)(H,22,24). The normalized spacial score (nSPS) is 10.2. The average Bonchev–Trinajstić information content (AvgIpc) is 2.56. The van der Waals surface area contributed by atoms with Gasteiger partial charge in [0.15, 0.2) is 0 Å². The molecule has 126 valence electrons. The molecule has 0 unspecified atom stereocenters. The van der Waals surface area contributed by atoms with Crippen molar-refractivity contribution < 1.29 is 9.59 Å². The van der Waals surface area contributed by atoms with Gasteiger partial charge in [-0.15, -0.1) is 0 Å².